The van der Waals surface area contributed by atoms with E-state index in [-0.39, 0.29) is 5.56 Å². The number of hydrogen-bond acceptors (Lipinski definition) is 2. The summed E-state index contributed by atoms with van der Waals surface area (Å²) in [5, 5.41) is 9.52. The van der Waals surface area contributed by atoms with E-state index in [2.05, 4.69) is 0 Å². The van der Waals surface area contributed by atoms with Crippen LogP contribution in [0.1, 0.15) is 11.1 Å². The zero-order valence-corrected chi connectivity index (χ0v) is 8.48. The first kappa shape index (κ1) is 12.9. The van der Waals surface area contributed by atoms with E-state index in [1.807, 2.05) is 0 Å². The van der Waals surface area contributed by atoms with Gasteiger partial charge in [0.25, 0.3) is 0 Å². The summed E-state index contributed by atoms with van der Waals surface area (Å²) >= 11 is 0. The van der Waals surface area contributed by atoms with Crippen LogP contribution in [0, 0.1) is 12.7 Å². The van der Waals surface area contributed by atoms with Crippen molar-refractivity contribution in [1.82, 2.24) is 0 Å². The molecule has 6 heteroatoms. The van der Waals surface area contributed by atoms with Gasteiger partial charge in [0.05, 0.1) is 0 Å². The third-order valence-corrected chi connectivity index (χ3v) is 2.41. The topological polar surface area (TPSA) is 46.2 Å². The Morgan fingerprint density at radius 1 is 1.31 bits per heavy atom. The highest BCUT2D eigenvalue weighted by molar-refractivity contribution is 5.33. The number of nitrogens with two attached hydrogens (primary N) is 1. The van der Waals surface area contributed by atoms with Gasteiger partial charge in [-0.3, -0.25) is 0 Å². The highest BCUT2D eigenvalue weighted by Crippen LogP contribution is 2.39. The summed E-state index contributed by atoms with van der Waals surface area (Å²) in [5.74, 6) is -0.850. The van der Waals surface area contributed by atoms with Crippen LogP contribution in [-0.4, -0.2) is 17.8 Å². The molecule has 0 fully saturated rings. The van der Waals surface area contributed by atoms with Gasteiger partial charge in [0.2, 0.25) is 0 Å². The van der Waals surface area contributed by atoms with E-state index in [1.54, 1.807) is 0 Å². The van der Waals surface area contributed by atoms with E-state index >= 15 is 0 Å². The van der Waals surface area contributed by atoms with Crippen molar-refractivity contribution in [2.24, 2.45) is 5.73 Å². The Balaban J connectivity index is 3.39. The maximum absolute atomic E-state index is 12.9. The van der Waals surface area contributed by atoms with Crippen LogP contribution in [0.3, 0.4) is 0 Å². The second-order valence-electron chi connectivity index (χ2n) is 3.52. The Kier molecular flexibility index (Phi) is 3.25. The number of benzene rings is 1. The lowest BCUT2D eigenvalue weighted by Gasteiger charge is -2.30. The van der Waals surface area contributed by atoms with E-state index < -0.39 is 29.7 Å². The van der Waals surface area contributed by atoms with Gasteiger partial charge >= 0.3 is 6.18 Å². The Hall–Kier alpha value is -1.14. The van der Waals surface area contributed by atoms with E-state index in [0.29, 0.717) is 6.07 Å². The van der Waals surface area contributed by atoms with Crippen molar-refractivity contribution in [2.45, 2.75) is 18.7 Å². The third kappa shape index (κ3) is 2.03. The first-order valence-corrected chi connectivity index (χ1v) is 4.48. The van der Waals surface area contributed by atoms with Crippen LogP contribution >= 0.6 is 0 Å². The monoisotopic (exact) mass is 237 g/mol. The lowest BCUT2D eigenvalue weighted by atomic mass is 9.89. The number of aryl methyl sites for hydroxylation is 1. The number of halogens is 4. The van der Waals surface area contributed by atoms with Crippen molar-refractivity contribution in [3.8, 4) is 0 Å². The molecule has 0 saturated carbocycles. The van der Waals surface area contributed by atoms with Crippen molar-refractivity contribution in [1.29, 1.82) is 0 Å². The van der Waals surface area contributed by atoms with Crippen molar-refractivity contribution in [2.75, 3.05) is 6.54 Å². The second-order valence-corrected chi connectivity index (χ2v) is 3.52. The summed E-state index contributed by atoms with van der Waals surface area (Å²) in [6, 6.07) is 2.83. The molecule has 0 saturated heterocycles. The second kappa shape index (κ2) is 4.03. The summed E-state index contributed by atoms with van der Waals surface area (Å²) in [4.78, 5) is 0. The molecule has 0 amide bonds. The van der Waals surface area contributed by atoms with Crippen LogP contribution in [0.15, 0.2) is 18.2 Å². The van der Waals surface area contributed by atoms with Crippen LogP contribution in [0.4, 0.5) is 17.6 Å². The quantitative estimate of drug-likeness (QED) is 0.771. The number of aliphatic hydroxyl groups is 1. The van der Waals surface area contributed by atoms with Crippen LogP contribution in [0.5, 0.6) is 0 Å². The fraction of sp³-hybridized carbons (Fsp3) is 0.400. The minimum Gasteiger partial charge on any atom is -0.375 e. The molecule has 0 aliphatic heterocycles. The molecule has 0 heterocycles. The summed E-state index contributed by atoms with van der Waals surface area (Å²) < 4.78 is 50.8. The Morgan fingerprint density at radius 2 is 1.88 bits per heavy atom. The van der Waals surface area contributed by atoms with Gasteiger partial charge in [-0.25, -0.2) is 4.39 Å². The summed E-state index contributed by atoms with van der Waals surface area (Å²) in [7, 11) is 0. The normalized spacial score (nSPS) is 15.9. The molecule has 0 aliphatic carbocycles. The van der Waals surface area contributed by atoms with E-state index in [9.17, 15) is 22.7 Å². The van der Waals surface area contributed by atoms with Gasteiger partial charge in [0.15, 0.2) is 5.60 Å². The van der Waals surface area contributed by atoms with Crippen LogP contribution in [0.2, 0.25) is 0 Å². The summed E-state index contributed by atoms with van der Waals surface area (Å²) in [6.45, 7) is 0.294. The molecule has 0 bridgehead atoms. The highest BCUT2D eigenvalue weighted by atomic mass is 19.4. The predicted molar refractivity (Wildman–Crippen MR) is 50.1 cm³/mol. The molecule has 16 heavy (non-hydrogen) atoms. The third-order valence-electron chi connectivity index (χ3n) is 2.41. The largest absolute Gasteiger partial charge is 0.422 e. The molecular weight excluding hydrogens is 226 g/mol. The zero-order valence-electron chi connectivity index (χ0n) is 8.48. The van der Waals surface area contributed by atoms with Gasteiger partial charge < -0.3 is 10.8 Å². The molecule has 1 unspecified atom stereocenters. The van der Waals surface area contributed by atoms with Gasteiger partial charge in [0.1, 0.15) is 5.82 Å². The lowest BCUT2D eigenvalue weighted by molar-refractivity contribution is -0.262. The molecule has 0 radical (unpaired) electrons. The molecule has 2 nitrogen and oxygen atoms in total. The molecule has 0 aliphatic rings. The Labute approximate surface area is 89.7 Å². The highest BCUT2D eigenvalue weighted by Gasteiger charge is 2.54. The smallest absolute Gasteiger partial charge is 0.375 e. The van der Waals surface area contributed by atoms with Crippen molar-refractivity contribution in [3.05, 3.63) is 35.1 Å². The van der Waals surface area contributed by atoms with E-state index in [4.69, 9.17) is 5.73 Å². The molecule has 0 aromatic heterocycles. The Bertz CT molecular complexity index is 391. The first-order chi connectivity index (χ1) is 7.22. The van der Waals surface area contributed by atoms with E-state index in [0.717, 1.165) is 12.1 Å². The lowest BCUT2D eigenvalue weighted by Crippen LogP contribution is -2.48. The van der Waals surface area contributed by atoms with Gasteiger partial charge in [-0.05, 0) is 30.2 Å². The minimum atomic E-state index is -4.94. The minimum absolute atomic E-state index is 0.131. The maximum Gasteiger partial charge on any atom is 0.422 e. The fourth-order valence-corrected chi connectivity index (χ4v) is 1.42. The molecule has 1 aromatic carbocycles. The van der Waals surface area contributed by atoms with Crippen molar-refractivity contribution in [3.63, 3.8) is 0 Å². The summed E-state index contributed by atoms with van der Waals surface area (Å²) in [6.07, 6.45) is -4.94. The predicted octanol–water partition coefficient (Wildman–Crippen LogP) is 1.84. The summed E-state index contributed by atoms with van der Waals surface area (Å²) in [5.41, 5.74) is 1.32. The van der Waals surface area contributed by atoms with Crippen LogP contribution < -0.4 is 5.73 Å². The molecule has 1 atom stereocenters. The maximum atomic E-state index is 12.9. The molecule has 3 N–H and O–H groups in total. The molecule has 90 valence electrons. The molecule has 1 aromatic rings. The molecular formula is C10H11F4NO. The van der Waals surface area contributed by atoms with Gasteiger partial charge in [-0.1, -0.05) is 6.07 Å². The number of rotatable bonds is 2. The number of hydrogen-bond donors (Lipinski definition) is 2. The standard InChI is InChI=1S/C10H11F4NO/c1-6-2-3-7(11)4-8(6)9(16,5-15)10(12,13)14/h2-4,16H,5,15H2,1H3. The fourth-order valence-electron chi connectivity index (χ4n) is 1.42. The molecule has 1 rings (SSSR count). The van der Waals surface area contributed by atoms with Crippen molar-refractivity contribution >= 4 is 0 Å². The molecule has 0 spiro atoms. The SMILES string of the molecule is Cc1ccc(F)cc1C(O)(CN)C(F)(F)F. The first-order valence-electron chi connectivity index (χ1n) is 4.48. The Morgan fingerprint density at radius 3 is 2.31 bits per heavy atom. The van der Waals surface area contributed by atoms with Crippen molar-refractivity contribution < 1.29 is 22.7 Å². The van der Waals surface area contributed by atoms with Crippen LogP contribution in [-0.2, 0) is 5.60 Å². The van der Waals surface area contributed by atoms with Gasteiger partial charge in [0, 0.05) is 6.54 Å². The van der Waals surface area contributed by atoms with Crippen LogP contribution in [0.25, 0.3) is 0 Å². The zero-order chi connectivity index (χ0) is 12.6. The average Bonchev–Trinajstić information content (AvgIpc) is 2.19. The number of alkyl halides is 3. The van der Waals surface area contributed by atoms with Gasteiger partial charge in [-0.2, -0.15) is 13.2 Å². The average molecular weight is 237 g/mol. The van der Waals surface area contributed by atoms with E-state index in [1.165, 1.54) is 6.92 Å². The van der Waals surface area contributed by atoms with Gasteiger partial charge in [-0.15, -0.1) is 0 Å².